The summed E-state index contributed by atoms with van der Waals surface area (Å²) >= 11 is 0. The maximum atomic E-state index is 11.4. The number of hydrogen-bond donors (Lipinski definition) is 3. The van der Waals surface area contributed by atoms with E-state index in [9.17, 15) is 19.2 Å². The van der Waals surface area contributed by atoms with Crippen molar-refractivity contribution >= 4 is 23.8 Å². The van der Waals surface area contributed by atoms with Crippen LogP contribution in [0.15, 0.2) is 37.0 Å². The van der Waals surface area contributed by atoms with Gasteiger partial charge in [0.1, 0.15) is 6.61 Å². The fourth-order valence-electron chi connectivity index (χ4n) is 1.62. The van der Waals surface area contributed by atoms with Crippen LogP contribution < -0.4 is 10.6 Å². The third-order valence-electron chi connectivity index (χ3n) is 2.79. The molecule has 0 aliphatic heterocycles. The first kappa shape index (κ1) is 22.1. The van der Waals surface area contributed by atoms with Gasteiger partial charge in [0.25, 0.3) is 0 Å². The summed E-state index contributed by atoms with van der Waals surface area (Å²) < 4.78 is 4.68. The molecule has 8 heteroatoms. The standard InChI is InChI=1S/C17H24N2O6/c1-2-13-25-17(24)10-8-15(21)19-12-6-4-3-5-11-18-14(20)7-9-16(22)23/h2,7-10H,1,3-6,11-13H2,(H,18,20)(H,19,21)(H,22,23). The van der Waals surface area contributed by atoms with Crippen molar-refractivity contribution in [2.24, 2.45) is 0 Å². The Bertz CT molecular complexity index is 525. The second-order valence-corrected chi connectivity index (χ2v) is 4.92. The first-order chi connectivity index (χ1) is 12.0. The fourth-order valence-corrected chi connectivity index (χ4v) is 1.62. The summed E-state index contributed by atoms with van der Waals surface area (Å²) in [5.41, 5.74) is 0. The van der Waals surface area contributed by atoms with Crippen LogP contribution in [0.25, 0.3) is 0 Å². The van der Waals surface area contributed by atoms with Gasteiger partial charge in [0.05, 0.1) is 0 Å². The average molecular weight is 352 g/mol. The number of hydrogen-bond acceptors (Lipinski definition) is 5. The van der Waals surface area contributed by atoms with Gasteiger partial charge >= 0.3 is 11.9 Å². The van der Waals surface area contributed by atoms with Crippen molar-refractivity contribution in [3.05, 3.63) is 37.0 Å². The van der Waals surface area contributed by atoms with Crippen molar-refractivity contribution < 1.29 is 29.0 Å². The molecule has 0 aliphatic carbocycles. The van der Waals surface area contributed by atoms with E-state index in [0.29, 0.717) is 13.1 Å². The van der Waals surface area contributed by atoms with Gasteiger partial charge in [-0.25, -0.2) is 9.59 Å². The molecule has 0 aromatic rings. The Morgan fingerprint density at radius 3 is 1.84 bits per heavy atom. The summed E-state index contributed by atoms with van der Waals surface area (Å²) in [4.78, 5) is 43.9. The van der Waals surface area contributed by atoms with Crippen molar-refractivity contribution in [3.63, 3.8) is 0 Å². The smallest absolute Gasteiger partial charge is 0.331 e. The number of carboxylic acids is 1. The molecule has 8 nitrogen and oxygen atoms in total. The van der Waals surface area contributed by atoms with Gasteiger partial charge in [-0.15, -0.1) is 0 Å². The molecule has 0 saturated carbocycles. The molecule has 25 heavy (non-hydrogen) atoms. The lowest BCUT2D eigenvalue weighted by atomic mass is 10.2. The van der Waals surface area contributed by atoms with E-state index in [4.69, 9.17) is 5.11 Å². The van der Waals surface area contributed by atoms with E-state index in [1.165, 1.54) is 6.08 Å². The number of rotatable bonds is 13. The van der Waals surface area contributed by atoms with E-state index < -0.39 is 17.8 Å². The number of amides is 2. The van der Waals surface area contributed by atoms with Gasteiger partial charge in [0, 0.05) is 37.4 Å². The summed E-state index contributed by atoms with van der Waals surface area (Å²) in [6.45, 7) is 4.45. The molecular weight excluding hydrogens is 328 g/mol. The van der Waals surface area contributed by atoms with Crippen LogP contribution in [0, 0.1) is 0 Å². The Hall–Kier alpha value is -2.90. The summed E-state index contributed by atoms with van der Waals surface area (Å²) in [6, 6.07) is 0. The van der Waals surface area contributed by atoms with Crippen LogP contribution in [0.3, 0.4) is 0 Å². The molecule has 0 rings (SSSR count). The zero-order valence-corrected chi connectivity index (χ0v) is 14.0. The molecule has 0 saturated heterocycles. The lowest BCUT2D eigenvalue weighted by Gasteiger charge is -2.04. The molecule has 0 aliphatic rings. The number of carbonyl (C=O) groups is 4. The van der Waals surface area contributed by atoms with E-state index in [1.54, 1.807) is 0 Å². The predicted octanol–water partition coefficient (Wildman–Crippen LogP) is 0.705. The first-order valence-corrected chi connectivity index (χ1v) is 7.88. The van der Waals surface area contributed by atoms with E-state index in [-0.39, 0.29) is 12.5 Å². The maximum Gasteiger partial charge on any atom is 0.331 e. The number of aliphatic carboxylic acids is 1. The third-order valence-corrected chi connectivity index (χ3v) is 2.79. The Morgan fingerprint density at radius 1 is 0.840 bits per heavy atom. The van der Waals surface area contributed by atoms with E-state index >= 15 is 0 Å². The monoisotopic (exact) mass is 352 g/mol. The summed E-state index contributed by atoms with van der Waals surface area (Å²) in [7, 11) is 0. The largest absolute Gasteiger partial charge is 0.478 e. The molecule has 0 aromatic carbocycles. The van der Waals surface area contributed by atoms with E-state index in [0.717, 1.165) is 50.0 Å². The molecule has 0 radical (unpaired) electrons. The summed E-state index contributed by atoms with van der Waals surface area (Å²) in [6.07, 6.45) is 8.62. The molecule has 138 valence electrons. The predicted molar refractivity (Wildman–Crippen MR) is 91.6 cm³/mol. The molecule has 2 amide bonds. The van der Waals surface area contributed by atoms with Gasteiger partial charge in [-0.2, -0.15) is 0 Å². The van der Waals surface area contributed by atoms with E-state index in [1.807, 2.05) is 0 Å². The highest BCUT2D eigenvalue weighted by atomic mass is 16.5. The summed E-state index contributed by atoms with van der Waals surface area (Å²) in [5.74, 6) is -2.57. The maximum absolute atomic E-state index is 11.4. The molecule has 0 atom stereocenters. The lowest BCUT2D eigenvalue weighted by molar-refractivity contribution is -0.136. The number of carbonyl (C=O) groups excluding carboxylic acids is 3. The highest BCUT2D eigenvalue weighted by molar-refractivity contribution is 5.94. The number of unbranched alkanes of at least 4 members (excludes halogenated alkanes) is 3. The number of ether oxygens (including phenoxy) is 1. The molecule has 0 aromatic heterocycles. The van der Waals surface area contributed by atoms with Crippen molar-refractivity contribution in [3.8, 4) is 0 Å². The van der Waals surface area contributed by atoms with Gasteiger partial charge in [0.2, 0.25) is 11.8 Å². The van der Waals surface area contributed by atoms with Gasteiger partial charge < -0.3 is 20.5 Å². The number of nitrogens with one attached hydrogen (secondary N) is 2. The van der Waals surface area contributed by atoms with Crippen LogP contribution in [0.5, 0.6) is 0 Å². The van der Waals surface area contributed by atoms with E-state index in [2.05, 4.69) is 21.9 Å². The summed E-state index contributed by atoms with van der Waals surface area (Å²) in [5, 5.41) is 13.6. The number of esters is 1. The second-order valence-electron chi connectivity index (χ2n) is 4.92. The topological polar surface area (TPSA) is 122 Å². The SMILES string of the molecule is C=CCOC(=O)C=CC(=O)NCCCCCCNC(=O)C=CC(=O)O. The molecule has 0 fully saturated rings. The van der Waals surface area contributed by atoms with Crippen molar-refractivity contribution in [1.29, 1.82) is 0 Å². The van der Waals surface area contributed by atoms with Gasteiger partial charge in [-0.3, -0.25) is 9.59 Å². The molecule has 0 spiro atoms. The average Bonchev–Trinajstić information content (AvgIpc) is 2.58. The van der Waals surface area contributed by atoms with Crippen LogP contribution in [0.1, 0.15) is 25.7 Å². The minimum Gasteiger partial charge on any atom is -0.478 e. The molecule has 0 bridgehead atoms. The Labute approximate surface area is 146 Å². The minimum atomic E-state index is -1.17. The quantitative estimate of drug-likeness (QED) is 0.194. The zero-order valence-electron chi connectivity index (χ0n) is 14.0. The van der Waals surface area contributed by atoms with Crippen molar-refractivity contribution in [2.75, 3.05) is 19.7 Å². The van der Waals surface area contributed by atoms with Gasteiger partial charge in [-0.1, -0.05) is 25.5 Å². The van der Waals surface area contributed by atoms with Crippen molar-refractivity contribution in [1.82, 2.24) is 10.6 Å². The fraction of sp³-hybridized carbons (Fsp3) is 0.412. The molecule has 0 unspecified atom stereocenters. The highest BCUT2D eigenvalue weighted by Gasteiger charge is 1.99. The third kappa shape index (κ3) is 15.8. The van der Waals surface area contributed by atoms with Crippen LogP contribution in [-0.2, 0) is 23.9 Å². The Kier molecular flexibility index (Phi) is 13.0. The lowest BCUT2D eigenvalue weighted by Crippen LogP contribution is -2.23. The van der Waals surface area contributed by atoms with Crippen LogP contribution >= 0.6 is 0 Å². The number of carboxylic acid groups (broad SMARTS) is 1. The van der Waals surface area contributed by atoms with Crippen molar-refractivity contribution in [2.45, 2.75) is 25.7 Å². The molecule has 0 heterocycles. The van der Waals surface area contributed by atoms with Crippen LogP contribution in [0.2, 0.25) is 0 Å². The van der Waals surface area contributed by atoms with Crippen LogP contribution in [-0.4, -0.2) is 48.6 Å². The van der Waals surface area contributed by atoms with Gasteiger partial charge in [-0.05, 0) is 12.8 Å². The zero-order chi connectivity index (χ0) is 18.9. The Balaban J connectivity index is 3.57. The normalized spacial score (nSPS) is 10.6. The first-order valence-electron chi connectivity index (χ1n) is 7.88. The minimum absolute atomic E-state index is 0.0983. The second kappa shape index (κ2) is 14.7. The Morgan fingerprint density at radius 2 is 1.36 bits per heavy atom. The van der Waals surface area contributed by atoms with Gasteiger partial charge in [0.15, 0.2) is 0 Å². The molecule has 3 N–H and O–H groups in total. The highest BCUT2D eigenvalue weighted by Crippen LogP contribution is 1.98. The molecular formula is C17H24N2O6. The van der Waals surface area contributed by atoms with Crippen LogP contribution in [0.4, 0.5) is 0 Å².